The molecule has 2 aromatic rings. The molecule has 0 saturated carbocycles. The van der Waals surface area contributed by atoms with Crippen LogP contribution in [0, 0.1) is 5.92 Å². The summed E-state index contributed by atoms with van der Waals surface area (Å²) in [6.45, 7) is -0.0181. The lowest BCUT2D eigenvalue weighted by molar-refractivity contribution is -0.144. The van der Waals surface area contributed by atoms with E-state index < -0.39 is 36.2 Å². The predicted molar refractivity (Wildman–Crippen MR) is 120 cm³/mol. The normalized spacial score (nSPS) is 12.4. The number of benzene rings is 2. The number of Topliss-reactive ketones (excluding diaryl/α,β-unsaturated/α-hetero) is 1. The van der Waals surface area contributed by atoms with Gasteiger partial charge in [0.15, 0.2) is 5.78 Å². The van der Waals surface area contributed by atoms with Crippen molar-refractivity contribution in [3.63, 3.8) is 0 Å². The Bertz CT molecular complexity index is 887. The Morgan fingerprint density at radius 1 is 0.970 bits per heavy atom. The number of ether oxygens (including phenoxy) is 2. The molecule has 178 valence electrons. The summed E-state index contributed by atoms with van der Waals surface area (Å²) in [7, 11) is 1.58. The minimum absolute atomic E-state index is 0.0940. The molecule has 0 bridgehead atoms. The van der Waals surface area contributed by atoms with Crippen LogP contribution >= 0.6 is 0 Å². The van der Waals surface area contributed by atoms with E-state index in [1.54, 1.807) is 61.1 Å². The van der Waals surface area contributed by atoms with Crippen LogP contribution in [0.25, 0.3) is 0 Å². The van der Waals surface area contributed by atoms with E-state index in [1.807, 2.05) is 6.07 Å². The topological polar surface area (TPSA) is 134 Å². The van der Waals surface area contributed by atoms with Gasteiger partial charge in [-0.15, -0.1) is 0 Å². The van der Waals surface area contributed by atoms with Crippen LogP contribution in [0.4, 0.5) is 0 Å². The van der Waals surface area contributed by atoms with Crippen molar-refractivity contribution >= 4 is 17.7 Å². The highest BCUT2D eigenvalue weighted by Gasteiger charge is 2.29. The zero-order valence-corrected chi connectivity index (χ0v) is 18.5. The molecule has 2 aromatic carbocycles. The fraction of sp³-hybridized carbons (Fsp3) is 0.375. The van der Waals surface area contributed by atoms with Crippen molar-refractivity contribution in [2.24, 2.45) is 5.92 Å². The largest absolute Gasteiger partial charge is 0.497 e. The highest BCUT2D eigenvalue weighted by Crippen LogP contribution is 2.18. The fourth-order valence-corrected chi connectivity index (χ4v) is 3.27. The predicted octanol–water partition coefficient (Wildman–Crippen LogP) is 2.22. The molecule has 4 N–H and O–H groups in total. The third kappa shape index (κ3) is 8.91. The van der Waals surface area contributed by atoms with Gasteiger partial charge in [0.25, 0.3) is 0 Å². The van der Waals surface area contributed by atoms with Crippen LogP contribution < -0.4 is 20.3 Å². The van der Waals surface area contributed by atoms with Gasteiger partial charge in [-0.2, -0.15) is 5.48 Å². The molecule has 0 spiro atoms. The Labute approximate surface area is 192 Å². The number of methoxy groups -OCH3 is 1. The minimum atomic E-state index is -1.19. The van der Waals surface area contributed by atoms with E-state index in [0.717, 1.165) is 11.3 Å². The lowest BCUT2D eigenvalue weighted by atomic mass is 9.95. The number of carboxylic acid groups (broad SMARTS) is 1. The molecule has 2 rings (SSSR count). The molecule has 33 heavy (non-hydrogen) atoms. The molecular weight excluding hydrogens is 428 g/mol. The smallest absolute Gasteiger partial charge is 0.326 e. The quantitative estimate of drug-likeness (QED) is 0.181. The Hall–Kier alpha value is -3.43. The van der Waals surface area contributed by atoms with Crippen LogP contribution in [0.1, 0.15) is 24.8 Å². The highest BCUT2D eigenvalue weighted by atomic mass is 16.5. The molecular formula is C24H30N2O7. The summed E-state index contributed by atoms with van der Waals surface area (Å²) in [6, 6.07) is 14.9. The second-order valence-corrected chi connectivity index (χ2v) is 7.46. The van der Waals surface area contributed by atoms with Gasteiger partial charge in [0.05, 0.1) is 26.2 Å². The lowest BCUT2D eigenvalue weighted by Gasteiger charge is -2.20. The molecule has 0 fully saturated rings. The molecule has 0 radical (unpaired) electrons. The Balaban J connectivity index is 1.89. The summed E-state index contributed by atoms with van der Waals surface area (Å²) >= 11 is 0. The van der Waals surface area contributed by atoms with Crippen molar-refractivity contribution in [3.05, 3.63) is 60.2 Å². The van der Waals surface area contributed by atoms with Gasteiger partial charge >= 0.3 is 5.97 Å². The maximum Gasteiger partial charge on any atom is 0.326 e. The summed E-state index contributed by atoms with van der Waals surface area (Å²) in [6.07, 6.45) is 1.39. The molecule has 0 saturated heterocycles. The van der Waals surface area contributed by atoms with Gasteiger partial charge in [-0.05, 0) is 49.1 Å². The van der Waals surface area contributed by atoms with E-state index in [1.165, 1.54) is 0 Å². The standard InChI is InChI=1S/C24H30N2O7/c1-32-18-10-12-19(13-11-18)33-14-6-5-9-20(22(27)16-25-31)23(28)26-21(24(29)30)15-17-7-3-2-4-8-17/h2-4,7-8,10-13,20-21,25,31H,5-6,9,14-16H2,1H3,(H,26,28)(H,29,30)/t20-,21?/m1/s1. The van der Waals surface area contributed by atoms with Gasteiger partial charge in [-0.1, -0.05) is 30.3 Å². The molecule has 0 aliphatic carbocycles. The summed E-state index contributed by atoms with van der Waals surface area (Å²) in [5.74, 6) is -2.06. The average molecular weight is 459 g/mol. The highest BCUT2D eigenvalue weighted by molar-refractivity contribution is 6.03. The second-order valence-electron chi connectivity index (χ2n) is 7.46. The monoisotopic (exact) mass is 458 g/mol. The van der Waals surface area contributed by atoms with Gasteiger partial charge in [0.1, 0.15) is 17.5 Å². The van der Waals surface area contributed by atoms with E-state index >= 15 is 0 Å². The Morgan fingerprint density at radius 3 is 2.24 bits per heavy atom. The van der Waals surface area contributed by atoms with Crippen molar-refractivity contribution < 1.29 is 34.2 Å². The summed E-state index contributed by atoms with van der Waals surface area (Å²) < 4.78 is 10.7. The molecule has 1 amide bonds. The van der Waals surface area contributed by atoms with Crippen LogP contribution in [-0.2, 0) is 20.8 Å². The maximum absolute atomic E-state index is 12.8. The first-order chi connectivity index (χ1) is 15.9. The Morgan fingerprint density at radius 2 is 1.64 bits per heavy atom. The number of aliphatic carboxylic acids is 1. The number of ketones is 1. The van der Waals surface area contributed by atoms with Gasteiger partial charge in [0, 0.05) is 6.42 Å². The van der Waals surface area contributed by atoms with Gasteiger partial charge in [-0.25, -0.2) is 4.79 Å². The van der Waals surface area contributed by atoms with Gasteiger partial charge in [0.2, 0.25) is 5.91 Å². The molecule has 9 heteroatoms. The van der Waals surface area contributed by atoms with Crippen molar-refractivity contribution in [1.82, 2.24) is 10.8 Å². The number of carboxylic acids is 1. The zero-order chi connectivity index (χ0) is 24.1. The third-order valence-corrected chi connectivity index (χ3v) is 5.07. The van der Waals surface area contributed by atoms with Crippen LogP contribution in [0.15, 0.2) is 54.6 Å². The summed E-state index contributed by atoms with van der Waals surface area (Å²) in [5.41, 5.74) is 2.52. The van der Waals surface area contributed by atoms with E-state index in [9.17, 15) is 19.5 Å². The minimum Gasteiger partial charge on any atom is -0.497 e. The molecule has 0 aliphatic rings. The van der Waals surface area contributed by atoms with E-state index in [0.29, 0.717) is 25.2 Å². The average Bonchev–Trinajstić information content (AvgIpc) is 2.82. The summed E-state index contributed by atoms with van der Waals surface area (Å²) in [5, 5.41) is 20.9. The van der Waals surface area contributed by atoms with E-state index in [2.05, 4.69) is 5.32 Å². The fourth-order valence-electron chi connectivity index (χ4n) is 3.27. The van der Waals surface area contributed by atoms with E-state index in [4.69, 9.17) is 14.7 Å². The van der Waals surface area contributed by atoms with Gasteiger partial charge in [-0.3, -0.25) is 9.59 Å². The number of hydrogen-bond acceptors (Lipinski definition) is 7. The number of rotatable bonds is 15. The Kier molecular flexibility index (Phi) is 10.9. The SMILES string of the molecule is COc1ccc(OCCCC[C@H](C(=O)CNO)C(=O)NC(Cc2ccccc2)C(=O)O)cc1. The molecule has 9 nitrogen and oxygen atoms in total. The van der Waals surface area contributed by atoms with Crippen molar-refractivity contribution in [1.29, 1.82) is 0 Å². The number of nitrogens with one attached hydrogen (secondary N) is 2. The van der Waals surface area contributed by atoms with Crippen molar-refractivity contribution in [2.75, 3.05) is 20.3 Å². The second kappa shape index (κ2) is 13.9. The number of unbranched alkanes of at least 4 members (excludes halogenated alkanes) is 1. The van der Waals surface area contributed by atoms with E-state index in [-0.39, 0.29) is 12.8 Å². The molecule has 2 atom stereocenters. The van der Waals surface area contributed by atoms with Crippen LogP contribution in [-0.4, -0.2) is 54.3 Å². The number of hydrogen-bond donors (Lipinski definition) is 4. The zero-order valence-electron chi connectivity index (χ0n) is 18.5. The molecule has 0 aliphatic heterocycles. The van der Waals surface area contributed by atoms with Crippen molar-refractivity contribution in [2.45, 2.75) is 31.7 Å². The first kappa shape index (κ1) is 25.8. The third-order valence-electron chi connectivity index (χ3n) is 5.07. The number of carbonyl (C=O) groups excluding carboxylic acids is 2. The number of carbonyl (C=O) groups is 3. The van der Waals surface area contributed by atoms with Crippen LogP contribution in [0.3, 0.4) is 0 Å². The van der Waals surface area contributed by atoms with Crippen LogP contribution in [0.5, 0.6) is 11.5 Å². The van der Waals surface area contributed by atoms with Gasteiger partial charge < -0.3 is 25.1 Å². The van der Waals surface area contributed by atoms with Crippen LogP contribution in [0.2, 0.25) is 0 Å². The molecule has 0 heterocycles. The van der Waals surface area contributed by atoms with Crippen molar-refractivity contribution in [3.8, 4) is 11.5 Å². The number of amides is 1. The summed E-state index contributed by atoms with van der Waals surface area (Å²) in [4.78, 5) is 36.8. The lowest BCUT2D eigenvalue weighted by Crippen LogP contribution is -2.47. The maximum atomic E-state index is 12.8. The first-order valence-corrected chi connectivity index (χ1v) is 10.7. The molecule has 0 aromatic heterocycles. The first-order valence-electron chi connectivity index (χ1n) is 10.7. The molecule has 1 unspecified atom stereocenters. The number of hydroxylamine groups is 1.